The summed E-state index contributed by atoms with van der Waals surface area (Å²) in [6, 6.07) is 14.3. The molecule has 0 amide bonds. The van der Waals surface area contributed by atoms with Gasteiger partial charge in [0.2, 0.25) is 0 Å². The van der Waals surface area contributed by atoms with E-state index in [1.807, 2.05) is 18.3 Å². The first-order valence-corrected chi connectivity index (χ1v) is 5.59. The van der Waals surface area contributed by atoms with Gasteiger partial charge in [-0.1, -0.05) is 17.7 Å². The molecule has 0 unspecified atom stereocenters. The SMILES string of the molecule is Cc1ccc(Nc2ccc3cc[nH]c3n2)cc1. The van der Waals surface area contributed by atoms with Crippen molar-refractivity contribution in [3.63, 3.8) is 0 Å². The highest BCUT2D eigenvalue weighted by Gasteiger charge is 1.99. The van der Waals surface area contributed by atoms with Crippen LogP contribution in [0.2, 0.25) is 0 Å². The van der Waals surface area contributed by atoms with Crippen LogP contribution in [-0.2, 0) is 0 Å². The number of hydrogen-bond acceptors (Lipinski definition) is 2. The molecule has 0 saturated carbocycles. The molecule has 3 nitrogen and oxygen atoms in total. The van der Waals surface area contributed by atoms with Crippen molar-refractivity contribution in [2.45, 2.75) is 6.92 Å². The molecule has 0 spiro atoms. The van der Waals surface area contributed by atoms with E-state index < -0.39 is 0 Å². The summed E-state index contributed by atoms with van der Waals surface area (Å²) in [6.07, 6.45) is 1.90. The van der Waals surface area contributed by atoms with E-state index in [1.54, 1.807) is 0 Å². The summed E-state index contributed by atoms with van der Waals surface area (Å²) in [5.74, 6) is 0.851. The third-order valence-electron chi connectivity index (χ3n) is 2.73. The molecule has 17 heavy (non-hydrogen) atoms. The van der Waals surface area contributed by atoms with Gasteiger partial charge < -0.3 is 10.3 Å². The van der Waals surface area contributed by atoms with Gasteiger partial charge in [-0.15, -0.1) is 0 Å². The minimum absolute atomic E-state index is 0.851. The average molecular weight is 223 g/mol. The molecule has 3 heteroatoms. The summed E-state index contributed by atoms with van der Waals surface area (Å²) in [7, 11) is 0. The Morgan fingerprint density at radius 1 is 1.00 bits per heavy atom. The van der Waals surface area contributed by atoms with E-state index in [4.69, 9.17) is 0 Å². The number of H-pyrrole nitrogens is 1. The normalized spacial score (nSPS) is 10.6. The van der Waals surface area contributed by atoms with Crippen molar-refractivity contribution >= 4 is 22.5 Å². The Balaban J connectivity index is 1.91. The number of nitrogens with one attached hydrogen (secondary N) is 2. The van der Waals surface area contributed by atoms with Crippen molar-refractivity contribution in [1.29, 1.82) is 0 Å². The molecule has 2 aromatic heterocycles. The maximum atomic E-state index is 4.49. The van der Waals surface area contributed by atoms with Crippen LogP contribution in [0.15, 0.2) is 48.7 Å². The Hall–Kier alpha value is -2.29. The Morgan fingerprint density at radius 3 is 2.65 bits per heavy atom. The predicted octanol–water partition coefficient (Wildman–Crippen LogP) is 3.61. The first kappa shape index (κ1) is 9.90. The van der Waals surface area contributed by atoms with Crippen molar-refractivity contribution in [2.75, 3.05) is 5.32 Å². The van der Waals surface area contributed by atoms with E-state index in [0.29, 0.717) is 0 Å². The highest BCUT2D eigenvalue weighted by atomic mass is 15.0. The van der Waals surface area contributed by atoms with Crippen molar-refractivity contribution in [3.8, 4) is 0 Å². The lowest BCUT2D eigenvalue weighted by molar-refractivity contribution is 1.31. The number of aryl methyl sites for hydroxylation is 1. The van der Waals surface area contributed by atoms with Crippen LogP contribution in [0.5, 0.6) is 0 Å². The second-order valence-electron chi connectivity index (χ2n) is 4.10. The zero-order valence-corrected chi connectivity index (χ0v) is 9.57. The molecule has 1 aromatic carbocycles. The fraction of sp³-hybridized carbons (Fsp3) is 0.0714. The maximum Gasteiger partial charge on any atom is 0.139 e. The Kier molecular flexibility index (Phi) is 2.29. The zero-order chi connectivity index (χ0) is 11.7. The van der Waals surface area contributed by atoms with E-state index in [1.165, 1.54) is 5.56 Å². The van der Waals surface area contributed by atoms with Crippen LogP contribution >= 0.6 is 0 Å². The molecule has 3 rings (SSSR count). The van der Waals surface area contributed by atoms with Crippen LogP contribution in [0.25, 0.3) is 11.0 Å². The molecule has 2 heterocycles. The molecule has 0 saturated heterocycles. The number of anilines is 2. The van der Waals surface area contributed by atoms with Gasteiger partial charge in [0.1, 0.15) is 11.5 Å². The topological polar surface area (TPSA) is 40.7 Å². The Morgan fingerprint density at radius 2 is 1.82 bits per heavy atom. The van der Waals surface area contributed by atoms with Crippen molar-refractivity contribution < 1.29 is 0 Å². The highest BCUT2D eigenvalue weighted by molar-refractivity contribution is 5.77. The van der Waals surface area contributed by atoms with E-state index in [0.717, 1.165) is 22.5 Å². The maximum absolute atomic E-state index is 4.49. The average Bonchev–Trinajstić information content (AvgIpc) is 2.79. The largest absolute Gasteiger partial charge is 0.346 e. The van der Waals surface area contributed by atoms with Crippen LogP contribution < -0.4 is 5.32 Å². The third kappa shape index (κ3) is 1.99. The standard InChI is InChI=1S/C14H13N3/c1-10-2-5-12(6-3-10)16-13-7-4-11-8-9-15-14(11)17-13/h2-9H,1H3,(H2,15,16,17). The minimum Gasteiger partial charge on any atom is -0.346 e. The lowest BCUT2D eigenvalue weighted by Gasteiger charge is -2.05. The molecule has 0 bridgehead atoms. The Labute approximate surface area is 99.5 Å². The number of rotatable bonds is 2. The summed E-state index contributed by atoms with van der Waals surface area (Å²) < 4.78 is 0. The molecule has 0 aliphatic heterocycles. The number of fused-ring (bicyclic) bond motifs is 1. The van der Waals surface area contributed by atoms with Crippen LogP contribution in [0.4, 0.5) is 11.5 Å². The van der Waals surface area contributed by atoms with E-state index in [9.17, 15) is 0 Å². The second-order valence-corrected chi connectivity index (χ2v) is 4.10. The summed E-state index contributed by atoms with van der Waals surface area (Å²) in [4.78, 5) is 7.59. The first-order valence-electron chi connectivity index (χ1n) is 5.59. The van der Waals surface area contributed by atoms with Gasteiger partial charge in [-0.25, -0.2) is 4.98 Å². The molecule has 3 aromatic rings. The Bertz CT molecular complexity index is 638. The molecule has 0 fully saturated rings. The number of aromatic amines is 1. The van der Waals surface area contributed by atoms with Crippen LogP contribution in [0.3, 0.4) is 0 Å². The smallest absolute Gasteiger partial charge is 0.139 e. The monoisotopic (exact) mass is 223 g/mol. The van der Waals surface area contributed by atoms with Crippen molar-refractivity contribution in [1.82, 2.24) is 9.97 Å². The lowest BCUT2D eigenvalue weighted by Crippen LogP contribution is -1.93. The molecular formula is C14H13N3. The van der Waals surface area contributed by atoms with E-state index >= 15 is 0 Å². The third-order valence-corrected chi connectivity index (χ3v) is 2.73. The van der Waals surface area contributed by atoms with Gasteiger partial charge in [0.05, 0.1) is 0 Å². The fourth-order valence-corrected chi connectivity index (χ4v) is 1.78. The first-order chi connectivity index (χ1) is 8.31. The summed E-state index contributed by atoms with van der Waals surface area (Å²) in [5.41, 5.74) is 3.21. The summed E-state index contributed by atoms with van der Waals surface area (Å²) in [5, 5.41) is 4.41. The van der Waals surface area contributed by atoms with Gasteiger partial charge in [-0.3, -0.25) is 0 Å². The van der Waals surface area contributed by atoms with E-state index in [2.05, 4.69) is 52.5 Å². The summed E-state index contributed by atoms with van der Waals surface area (Å²) in [6.45, 7) is 2.08. The number of benzene rings is 1. The number of hydrogen-bond donors (Lipinski definition) is 2. The second kappa shape index (κ2) is 3.94. The number of pyridine rings is 1. The molecule has 0 aliphatic carbocycles. The van der Waals surface area contributed by atoms with Crippen molar-refractivity contribution in [3.05, 3.63) is 54.2 Å². The molecule has 2 N–H and O–H groups in total. The van der Waals surface area contributed by atoms with Crippen LogP contribution in [0.1, 0.15) is 5.56 Å². The van der Waals surface area contributed by atoms with Crippen LogP contribution in [-0.4, -0.2) is 9.97 Å². The highest BCUT2D eigenvalue weighted by Crippen LogP contribution is 2.18. The van der Waals surface area contributed by atoms with E-state index in [-0.39, 0.29) is 0 Å². The quantitative estimate of drug-likeness (QED) is 0.696. The fourth-order valence-electron chi connectivity index (χ4n) is 1.78. The van der Waals surface area contributed by atoms with Gasteiger partial charge in [-0.2, -0.15) is 0 Å². The minimum atomic E-state index is 0.851. The molecular weight excluding hydrogens is 210 g/mol. The zero-order valence-electron chi connectivity index (χ0n) is 9.57. The molecule has 0 radical (unpaired) electrons. The predicted molar refractivity (Wildman–Crippen MR) is 70.6 cm³/mol. The number of aromatic nitrogens is 2. The lowest BCUT2D eigenvalue weighted by atomic mass is 10.2. The van der Waals surface area contributed by atoms with Gasteiger partial charge in [0.25, 0.3) is 0 Å². The van der Waals surface area contributed by atoms with Gasteiger partial charge in [-0.05, 0) is 37.3 Å². The van der Waals surface area contributed by atoms with Gasteiger partial charge in [0, 0.05) is 17.3 Å². The molecule has 0 aliphatic rings. The molecule has 0 atom stereocenters. The van der Waals surface area contributed by atoms with Gasteiger partial charge in [0.15, 0.2) is 0 Å². The summed E-state index contributed by atoms with van der Waals surface area (Å²) >= 11 is 0. The van der Waals surface area contributed by atoms with Crippen LogP contribution in [0, 0.1) is 6.92 Å². The van der Waals surface area contributed by atoms with Crippen molar-refractivity contribution in [2.24, 2.45) is 0 Å². The van der Waals surface area contributed by atoms with Gasteiger partial charge >= 0.3 is 0 Å². The number of nitrogens with zero attached hydrogens (tertiary/aromatic N) is 1. The molecule has 84 valence electrons.